The largest absolute Gasteiger partial charge is 0.327 e. The highest BCUT2D eigenvalue weighted by atomic mass is 16.1. The second-order valence-corrected chi connectivity index (χ2v) is 8.41. The molecule has 2 aromatic heterocycles. The Kier molecular flexibility index (Phi) is 5.55. The topological polar surface area (TPSA) is 74.4 Å². The number of pyridine rings is 1. The van der Waals surface area contributed by atoms with Gasteiger partial charge in [0.15, 0.2) is 5.82 Å². The molecule has 2 heterocycles. The molecule has 1 aliphatic rings. The monoisotopic (exact) mass is 422 g/mol. The molecule has 2 aromatic carbocycles. The number of aryl methyl sites for hydroxylation is 1. The van der Waals surface area contributed by atoms with E-state index in [1.54, 1.807) is 0 Å². The Hall–Kier alpha value is -3.73. The molecule has 0 radical (unpaired) electrons. The first-order valence-electron chi connectivity index (χ1n) is 11.2. The third kappa shape index (κ3) is 4.06. The zero-order valence-corrected chi connectivity index (χ0v) is 18.2. The molecule has 0 saturated heterocycles. The van der Waals surface area contributed by atoms with Crippen molar-refractivity contribution in [1.29, 1.82) is 0 Å². The minimum atomic E-state index is -0.189. The van der Waals surface area contributed by atoms with Crippen molar-refractivity contribution in [2.45, 2.75) is 39.0 Å². The summed E-state index contributed by atoms with van der Waals surface area (Å²) in [6.45, 7) is 2.05. The van der Waals surface area contributed by atoms with Crippen LogP contribution in [0.3, 0.4) is 0 Å². The molecular formula is C27H26N4O. The minimum absolute atomic E-state index is 0.189. The summed E-state index contributed by atoms with van der Waals surface area (Å²) in [6.07, 6.45) is 10.0. The molecule has 0 bridgehead atoms. The first kappa shape index (κ1) is 20.2. The molecule has 160 valence electrons. The van der Waals surface area contributed by atoms with Crippen LogP contribution in [-0.2, 0) is 0 Å². The van der Waals surface area contributed by atoms with E-state index in [2.05, 4.69) is 69.6 Å². The maximum Gasteiger partial charge on any atom is 0.260 e. The van der Waals surface area contributed by atoms with Gasteiger partial charge in [-0.1, -0.05) is 66.6 Å². The summed E-state index contributed by atoms with van der Waals surface area (Å²) < 4.78 is 0. The molecule has 0 spiro atoms. The van der Waals surface area contributed by atoms with Crippen LogP contribution in [0.4, 0.5) is 0 Å². The first-order chi connectivity index (χ1) is 15.7. The van der Waals surface area contributed by atoms with Crippen molar-refractivity contribution in [1.82, 2.24) is 20.2 Å². The van der Waals surface area contributed by atoms with Gasteiger partial charge in [-0.25, -0.2) is 0 Å². The fourth-order valence-corrected chi connectivity index (χ4v) is 4.38. The number of hydrogen-bond donors (Lipinski definition) is 2. The summed E-state index contributed by atoms with van der Waals surface area (Å²) >= 11 is 0. The molecule has 0 atom stereocenters. The van der Waals surface area contributed by atoms with Crippen LogP contribution >= 0.6 is 0 Å². The van der Waals surface area contributed by atoms with E-state index in [0.717, 1.165) is 35.2 Å². The van der Waals surface area contributed by atoms with E-state index in [1.165, 1.54) is 42.3 Å². The molecule has 0 amide bonds. The minimum Gasteiger partial charge on any atom is -0.327 e. The summed E-state index contributed by atoms with van der Waals surface area (Å²) in [5.41, 5.74) is 7.75. The number of rotatable bonds is 4. The predicted octanol–water partition coefficient (Wildman–Crippen LogP) is 6.15. The number of allylic oxidation sites excluding steroid dienone is 2. The van der Waals surface area contributed by atoms with Gasteiger partial charge in [0.1, 0.15) is 6.33 Å². The number of benzene rings is 2. The Balaban J connectivity index is 1.58. The molecule has 1 aliphatic carbocycles. The molecule has 32 heavy (non-hydrogen) atoms. The lowest BCUT2D eigenvalue weighted by Gasteiger charge is -2.12. The Morgan fingerprint density at radius 1 is 0.875 bits per heavy atom. The second-order valence-electron chi connectivity index (χ2n) is 8.41. The van der Waals surface area contributed by atoms with Gasteiger partial charge in [-0.05, 0) is 60.9 Å². The lowest BCUT2D eigenvalue weighted by molar-refractivity contribution is 0.720. The number of aromatic nitrogens is 4. The van der Waals surface area contributed by atoms with Crippen LogP contribution in [0, 0.1) is 6.92 Å². The second kappa shape index (κ2) is 8.79. The quantitative estimate of drug-likeness (QED) is 0.414. The van der Waals surface area contributed by atoms with Crippen LogP contribution in [0.15, 0.2) is 71.8 Å². The SMILES string of the molecule is Cc1ccc(-c2cc(-c3ccc(C4=CCCCCC4)cc3)[nH]c(=O)c2-c2nnc[nH]2)cc1. The van der Waals surface area contributed by atoms with Crippen LogP contribution in [0.2, 0.25) is 0 Å². The molecule has 5 nitrogen and oxygen atoms in total. The summed E-state index contributed by atoms with van der Waals surface area (Å²) in [6, 6.07) is 18.7. The standard InChI is InChI=1S/C27H26N4O/c1-18-8-10-21(11-9-18)23-16-24(30-27(32)25(23)26-28-17-29-31-26)22-14-12-20(13-15-22)19-6-4-2-3-5-7-19/h6,8-17H,2-5,7H2,1H3,(H,30,32)(H,28,29,31). The first-order valence-corrected chi connectivity index (χ1v) is 11.2. The van der Waals surface area contributed by atoms with Crippen molar-refractivity contribution in [3.8, 4) is 33.8 Å². The zero-order chi connectivity index (χ0) is 21.9. The van der Waals surface area contributed by atoms with Crippen molar-refractivity contribution in [2.75, 3.05) is 0 Å². The van der Waals surface area contributed by atoms with E-state index in [9.17, 15) is 4.79 Å². The highest BCUT2D eigenvalue weighted by Crippen LogP contribution is 2.32. The van der Waals surface area contributed by atoms with Crippen molar-refractivity contribution < 1.29 is 0 Å². The van der Waals surface area contributed by atoms with Gasteiger partial charge in [0, 0.05) is 11.3 Å². The lowest BCUT2D eigenvalue weighted by Crippen LogP contribution is -2.12. The van der Waals surface area contributed by atoms with Gasteiger partial charge < -0.3 is 9.97 Å². The van der Waals surface area contributed by atoms with Crippen molar-refractivity contribution in [3.63, 3.8) is 0 Å². The molecule has 4 aromatic rings. The van der Waals surface area contributed by atoms with Gasteiger partial charge in [0.25, 0.3) is 5.56 Å². The van der Waals surface area contributed by atoms with Gasteiger partial charge in [-0.2, -0.15) is 0 Å². The molecule has 0 saturated carbocycles. The van der Waals surface area contributed by atoms with Gasteiger partial charge in [-0.3, -0.25) is 4.79 Å². The van der Waals surface area contributed by atoms with E-state index >= 15 is 0 Å². The lowest BCUT2D eigenvalue weighted by atomic mass is 9.96. The highest BCUT2D eigenvalue weighted by molar-refractivity contribution is 5.83. The van der Waals surface area contributed by atoms with Gasteiger partial charge in [0.2, 0.25) is 0 Å². The van der Waals surface area contributed by atoms with E-state index in [4.69, 9.17) is 0 Å². The fourth-order valence-electron chi connectivity index (χ4n) is 4.38. The summed E-state index contributed by atoms with van der Waals surface area (Å²) in [7, 11) is 0. The number of nitrogens with one attached hydrogen (secondary N) is 2. The average Bonchev–Trinajstić information content (AvgIpc) is 3.20. The summed E-state index contributed by atoms with van der Waals surface area (Å²) in [4.78, 5) is 19.2. The van der Waals surface area contributed by atoms with Crippen molar-refractivity contribution >= 4 is 5.57 Å². The molecule has 0 aliphatic heterocycles. The van der Waals surface area contributed by atoms with Crippen LogP contribution < -0.4 is 5.56 Å². The Labute approximate surface area is 187 Å². The van der Waals surface area contributed by atoms with E-state index in [0.29, 0.717) is 11.4 Å². The Morgan fingerprint density at radius 2 is 1.62 bits per heavy atom. The molecule has 5 heteroatoms. The maximum absolute atomic E-state index is 13.2. The fraction of sp³-hybridized carbons (Fsp3) is 0.222. The van der Waals surface area contributed by atoms with Crippen molar-refractivity contribution in [2.24, 2.45) is 0 Å². The van der Waals surface area contributed by atoms with Gasteiger partial charge >= 0.3 is 0 Å². The van der Waals surface area contributed by atoms with Crippen LogP contribution in [0.25, 0.3) is 39.3 Å². The van der Waals surface area contributed by atoms with Crippen LogP contribution in [-0.4, -0.2) is 20.2 Å². The van der Waals surface area contributed by atoms with Gasteiger partial charge in [-0.15, -0.1) is 10.2 Å². The van der Waals surface area contributed by atoms with E-state index < -0.39 is 0 Å². The number of aromatic amines is 2. The molecule has 0 unspecified atom stereocenters. The number of nitrogens with zero attached hydrogens (tertiary/aromatic N) is 2. The summed E-state index contributed by atoms with van der Waals surface area (Å²) in [5.74, 6) is 0.462. The normalized spacial score (nSPS) is 14.1. The Morgan fingerprint density at radius 3 is 2.38 bits per heavy atom. The smallest absolute Gasteiger partial charge is 0.260 e. The molecular weight excluding hydrogens is 396 g/mol. The van der Waals surface area contributed by atoms with E-state index in [-0.39, 0.29) is 5.56 Å². The number of hydrogen-bond acceptors (Lipinski definition) is 3. The third-order valence-corrected chi connectivity index (χ3v) is 6.16. The van der Waals surface area contributed by atoms with Crippen molar-refractivity contribution in [3.05, 3.63) is 88.5 Å². The predicted molar refractivity (Wildman–Crippen MR) is 129 cm³/mol. The number of H-pyrrole nitrogens is 2. The maximum atomic E-state index is 13.2. The molecule has 2 N–H and O–H groups in total. The average molecular weight is 423 g/mol. The summed E-state index contributed by atoms with van der Waals surface area (Å²) in [5, 5.41) is 7.96. The van der Waals surface area contributed by atoms with Gasteiger partial charge in [0.05, 0.1) is 5.56 Å². The van der Waals surface area contributed by atoms with Crippen LogP contribution in [0.1, 0.15) is 43.2 Å². The molecule has 0 fully saturated rings. The Bertz CT molecular complexity index is 1300. The zero-order valence-electron chi connectivity index (χ0n) is 18.2. The highest BCUT2D eigenvalue weighted by Gasteiger charge is 2.17. The third-order valence-electron chi connectivity index (χ3n) is 6.16. The van der Waals surface area contributed by atoms with Crippen LogP contribution in [0.5, 0.6) is 0 Å². The van der Waals surface area contributed by atoms with E-state index in [1.807, 2.05) is 18.2 Å². The molecule has 5 rings (SSSR count).